The van der Waals surface area contributed by atoms with Crippen molar-refractivity contribution in [1.29, 1.82) is 0 Å². The average molecular weight is 488 g/mol. The molecular formula is C26H29N7O3. The zero-order chi connectivity index (χ0) is 26.0. The second-order valence-corrected chi connectivity index (χ2v) is 9.60. The zero-order valence-corrected chi connectivity index (χ0v) is 21.2. The van der Waals surface area contributed by atoms with E-state index >= 15 is 0 Å². The molecule has 3 heterocycles. The monoisotopic (exact) mass is 487 g/mol. The quantitative estimate of drug-likeness (QED) is 0.401. The van der Waals surface area contributed by atoms with Crippen LogP contribution in [0.25, 0.3) is 11.2 Å². The standard InChI is InChI=1S/C26H29N7O3/c1-15-10-19(13-27-12-15)24(34)30-20-9-7-8-18(11-20)16(2)29-21-14-28-23-22(31-21)17(3)32-33(23)25(35)36-26(4,5)6/h7-14,16H,1-6H3,(H,29,31)(H,30,34)/t16-/m0/s1. The summed E-state index contributed by atoms with van der Waals surface area (Å²) in [5.74, 6) is 0.305. The fraction of sp³-hybridized carbons (Fsp3) is 0.308. The van der Waals surface area contributed by atoms with Gasteiger partial charge in [0.15, 0.2) is 5.65 Å². The number of aryl methyl sites for hydroxylation is 2. The van der Waals surface area contributed by atoms with E-state index in [1.165, 1.54) is 6.20 Å². The van der Waals surface area contributed by atoms with E-state index < -0.39 is 11.7 Å². The summed E-state index contributed by atoms with van der Waals surface area (Å²) in [6.45, 7) is 11.0. The van der Waals surface area contributed by atoms with E-state index in [0.717, 1.165) is 15.8 Å². The first kappa shape index (κ1) is 24.8. The van der Waals surface area contributed by atoms with Gasteiger partial charge in [-0.25, -0.2) is 14.8 Å². The Kier molecular flexibility index (Phi) is 6.69. The number of anilines is 2. The maximum absolute atomic E-state index is 12.6. The normalized spacial score (nSPS) is 12.3. The third-order valence-corrected chi connectivity index (χ3v) is 5.26. The molecule has 2 N–H and O–H groups in total. The van der Waals surface area contributed by atoms with E-state index in [2.05, 4.69) is 30.7 Å². The number of nitrogens with zero attached hydrogens (tertiary/aromatic N) is 5. The molecular weight excluding hydrogens is 458 g/mol. The molecule has 4 rings (SSSR count). The zero-order valence-electron chi connectivity index (χ0n) is 21.2. The number of nitrogens with one attached hydrogen (secondary N) is 2. The van der Waals surface area contributed by atoms with Crippen LogP contribution in [0.2, 0.25) is 0 Å². The molecule has 0 unspecified atom stereocenters. The minimum absolute atomic E-state index is 0.143. The van der Waals surface area contributed by atoms with Gasteiger partial charge in [-0.15, -0.1) is 4.68 Å². The van der Waals surface area contributed by atoms with Crippen LogP contribution in [0.3, 0.4) is 0 Å². The first-order valence-corrected chi connectivity index (χ1v) is 11.6. The molecule has 0 aliphatic carbocycles. The topological polar surface area (TPSA) is 124 Å². The molecule has 10 nitrogen and oxygen atoms in total. The molecule has 10 heteroatoms. The molecule has 0 spiro atoms. The van der Waals surface area contributed by atoms with E-state index in [-0.39, 0.29) is 11.9 Å². The number of pyridine rings is 1. The van der Waals surface area contributed by atoms with Crippen LogP contribution in [0.5, 0.6) is 0 Å². The van der Waals surface area contributed by atoms with E-state index in [9.17, 15) is 9.59 Å². The third kappa shape index (κ3) is 5.65. The van der Waals surface area contributed by atoms with Crippen LogP contribution >= 0.6 is 0 Å². The van der Waals surface area contributed by atoms with Gasteiger partial charge in [-0.3, -0.25) is 9.78 Å². The maximum Gasteiger partial charge on any atom is 0.437 e. The van der Waals surface area contributed by atoms with Gasteiger partial charge in [0.1, 0.15) is 16.9 Å². The van der Waals surface area contributed by atoms with Crippen molar-refractivity contribution < 1.29 is 14.3 Å². The molecule has 0 aliphatic heterocycles. The summed E-state index contributed by atoms with van der Waals surface area (Å²) in [5, 5.41) is 10.5. The van der Waals surface area contributed by atoms with Crippen LogP contribution in [-0.2, 0) is 4.74 Å². The number of aromatic nitrogens is 5. The van der Waals surface area contributed by atoms with Gasteiger partial charge in [-0.2, -0.15) is 5.10 Å². The van der Waals surface area contributed by atoms with Crippen LogP contribution in [0.4, 0.5) is 16.3 Å². The minimum Gasteiger partial charge on any atom is -0.442 e. The van der Waals surface area contributed by atoms with Gasteiger partial charge in [-0.05, 0) is 70.9 Å². The highest BCUT2D eigenvalue weighted by molar-refractivity contribution is 6.04. The molecule has 0 saturated carbocycles. The first-order chi connectivity index (χ1) is 17.0. The molecule has 1 aromatic carbocycles. The number of ether oxygens (including phenoxy) is 1. The third-order valence-electron chi connectivity index (χ3n) is 5.26. The lowest BCUT2D eigenvalue weighted by Crippen LogP contribution is -2.28. The van der Waals surface area contributed by atoms with Crippen LogP contribution < -0.4 is 10.6 Å². The van der Waals surface area contributed by atoms with Crippen molar-refractivity contribution >= 4 is 34.7 Å². The molecule has 0 radical (unpaired) electrons. The highest BCUT2D eigenvalue weighted by Crippen LogP contribution is 2.23. The Morgan fingerprint density at radius 3 is 2.58 bits per heavy atom. The van der Waals surface area contributed by atoms with Crippen molar-refractivity contribution in [3.05, 3.63) is 71.3 Å². The molecule has 0 aliphatic rings. The van der Waals surface area contributed by atoms with Crippen molar-refractivity contribution in [1.82, 2.24) is 24.7 Å². The Morgan fingerprint density at radius 1 is 1.08 bits per heavy atom. The summed E-state index contributed by atoms with van der Waals surface area (Å²) in [6.07, 6.45) is 4.19. The summed E-state index contributed by atoms with van der Waals surface area (Å²) in [7, 11) is 0. The van der Waals surface area contributed by atoms with Crippen LogP contribution in [0, 0.1) is 13.8 Å². The van der Waals surface area contributed by atoms with E-state index in [4.69, 9.17) is 4.74 Å². The molecule has 1 amide bonds. The van der Waals surface area contributed by atoms with Crippen molar-refractivity contribution in [3.63, 3.8) is 0 Å². The van der Waals surface area contributed by atoms with E-state index in [1.54, 1.807) is 46.2 Å². The van der Waals surface area contributed by atoms with E-state index in [0.29, 0.717) is 33.9 Å². The van der Waals surface area contributed by atoms with Crippen LogP contribution in [-0.4, -0.2) is 42.3 Å². The highest BCUT2D eigenvalue weighted by atomic mass is 16.6. The summed E-state index contributed by atoms with van der Waals surface area (Å²) in [6, 6.07) is 9.21. The molecule has 1 atom stereocenters. The fourth-order valence-corrected chi connectivity index (χ4v) is 3.60. The van der Waals surface area contributed by atoms with Gasteiger partial charge in [0, 0.05) is 18.1 Å². The molecule has 36 heavy (non-hydrogen) atoms. The molecule has 4 aromatic rings. The molecule has 0 bridgehead atoms. The number of rotatable bonds is 5. The van der Waals surface area contributed by atoms with Gasteiger partial charge in [0.25, 0.3) is 5.91 Å². The summed E-state index contributed by atoms with van der Waals surface area (Å²) in [5.41, 5.74) is 3.77. The number of amides is 1. The lowest BCUT2D eigenvalue weighted by molar-refractivity contribution is 0.0521. The first-order valence-electron chi connectivity index (χ1n) is 11.6. The van der Waals surface area contributed by atoms with Gasteiger partial charge >= 0.3 is 6.09 Å². The number of benzene rings is 1. The second-order valence-electron chi connectivity index (χ2n) is 9.60. The summed E-state index contributed by atoms with van der Waals surface area (Å²) >= 11 is 0. The number of carbonyl (C=O) groups excluding carboxylic acids is 2. The van der Waals surface area contributed by atoms with E-state index in [1.807, 2.05) is 38.1 Å². The number of carbonyl (C=O) groups is 2. The van der Waals surface area contributed by atoms with Gasteiger partial charge in [-0.1, -0.05) is 12.1 Å². The SMILES string of the molecule is Cc1cncc(C(=O)Nc2cccc([C@H](C)Nc3cnc4c(n3)c(C)nn4C(=O)OC(C)(C)C)c2)c1. The average Bonchev–Trinajstić information content (AvgIpc) is 3.14. The Bertz CT molecular complexity index is 1440. The van der Waals surface area contributed by atoms with Crippen LogP contribution in [0.1, 0.15) is 60.9 Å². The lowest BCUT2D eigenvalue weighted by atomic mass is 10.1. The maximum atomic E-state index is 12.6. The Balaban J connectivity index is 1.50. The number of hydrogen-bond donors (Lipinski definition) is 2. The second kappa shape index (κ2) is 9.73. The Hall–Kier alpha value is -4.34. The molecule has 186 valence electrons. The predicted octanol–water partition coefficient (Wildman–Crippen LogP) is 5.05. The highest BCUT2D eigenvalue weighted by Gasteiger charge is 2.23. The largest absolute Gasteiger partial charge is 0.442 e. The van der Waals surface area contributed by atoms with Gasteiger partial charge in [0.05, 0.1) is 23.5 Å². The van der Waals surface area contributed by atoms with Crippen molar-refractivity contribution in [3.8, 4) is 0 Å². The smallest absolute Gasteiger partial charge is 0.437 e. The number of hydrogen-bond acceptors (Lipinski definition) is 8. The molecule has 0 fully saturated rings. The molecule has 3 aromatic heterocycles. The van der Waals surface area contributed by atoms with Crippen LogP contribution in [0.15, 0.2) is 48.9 Å². The van der Waals surface area contributed by atoms with Gasteiger partial charge < -0.3 is 15.4 Å². The van der Waals surface area contributed by atoms with Crippen molar-refractivity contribution in [2.75, 3.05) is 10.6 Å². The lowest BCUT2D eigenvalue weighted by Gasteiger charge is -2.19. The summed E-state index contributed by atoms with van der Waals surface area (Å²) in [4.78, 5) is 38.2. The fourth-order valence-electron chi connectivity index (χ4n) is 3.60. The van der Waals surface area contributed by atoms with Crippen molar-refractivity contribution in [2.24, 2.45) is 0 Å². The number of fused-ring (bicyclic) bond motifs is 1. The Morgan fingerprint density at radius 2 is 1.86 bits per heavy atom. The van der Waals surface area contributed by atoms with Gasteiger partial charge in [0.2, 0.25) is 0 Å². The molecule has 0 saturated heterocycles. The minimum atomic E-state index is -0.654. The summed E-state index contributed by atoms with van der Waals surface area (Å²) < 4.78 is 6.55. The Labute approximate surface area is 209 Å². The predicted molar refractivity (Wildman–Crippen MR) is 137 cm³/mol. The van der Waals surface area contributed by atoms with Crippen molar-refractivity contribution in [2.45, 2.75) is 53.2 Å².